The molecule has 1 heterocycles. The number of amides is 1. The summed E-state index contributed by atoms with van der Waals surface area (Å²) in [5, 5.41) is 9.74. The molecular weight excluding hydrogens is 386 g/mol. The van der Waals surface area contributed by atoms with Crippen LogP contribution in [0.1, 0.15) is 16.1 Å². The molecule has 0 aliphatic rings. The molecule has 0 saturated heterocycles. The Bertz CT molecular complexity index is 760. The summed E-state index contributed by atoms with van der Waals surface area (Å²) in [6.45, 7) is 1.85. The van der Waals surface area contributed by atoms with Crippen molar-refractivity contribution in [2.75, 3.05) is 5.32 Å². The molecule has 1 aromatic carbocycles. The first-order valence-electron chi connectivity index (χ1n) is 5.45. The number of benzene rings is 1. The summed E-state index contributed by atoms with van der Waals surface area (Å²) >= 11 is 8.91. The van der Waals surface area contributed by atoms with Gasteiger partial charge in [0.1, 0.15) is 0 Å². The van der Waals surface area contributed by atoms with Crippen LogP contribution in [0.4, 0.5) is 5.69 Å². The maximum absolute atomic E-state index is 12.0. The lowest BCUT2D eigenvalue weighted by molar-refractivity contribution is 0.102. The second-order valence-electron chi connectivity index (χ2n) is 4.06. The van der Waals surface area contributed by atoms with E-state index in [4.69, 9.17) is 21.4 Å². The predicted molar refractivity (Wildman–Crippen MR) is 79.3 cm³/mol. The number of carbonyl (C=O) groups is 1. The third kappa shape index (κ3) is 3.69. The number of halogens is 2. The van der Waals surface area contributed by atoms with Gasteiger partial charge < -0.3 is 15.1 Å². The second-order valence-corrected chi connectivity index (χ2v) is 6.60. The number of anilines is 1. The van der Waals surface area contributed by atoms with Crippen LogP contribution in [0.5, 0.6) is 0 Å². The van der Waals surface area contributed by atoms with Crippen LogP contribution in [-0.2, 0) is 4.57 Å². The summed E-state index contributed by atoms with van der Waals surface area (Å²) in [7, 11) is -4.70. The zero-order valence-corrected chi connectivity index (χ0v) is 13.7. The summed E-state index contributed by atoms with van der Waals surface area (Å²) in [4.78, 5) is 29.9. The normalized spacial score (nSPS) is 11.5. The van der Waals surface area contributed by atoms with Gasteiger partial charge in [-0.05, 0) is 40.5 Å². The minimum Gasteiger partial charge on any atom is -0.319 e. The highest BCUT2D eigenvalue weighted by molar-refractivity contribution is 9.10. The van der Waals surface area contributed by atoms with Gasteiger partial charge in [0.15, 0.2) is 10.3 Å². The highest BCUT2D eigenvalue weighted by Crippen LogP contribution is 2.35. The smallest absolute Gasteiger partial charge is 0.319 e. The molecule has 0 radical (unpaired) electrons. The maximum Gasteiger partial charge on any atom is 0.466 e. The van der Waals surface area contributed by atoms with E-state index in [1.165, 1.54) is 0 Å². The Morgan fingerprint density at radius 3 is 2.62 bits per heavy atom. The van der Waals surface area contributed by atoms with E-state index in [0.717, 1.165) is 5.56 Å². The van der Waals surface area contributed by atoms with Crippen LogP contribution in [0.2, 0.25) is 5.02 Å². The van der Waals surface area contributed by atoms with E-state index < -0.39 is 13.7 Å². The zero-order chi connectivity index (χ0) is 15.8. The maximum atomic E-state index is 12.0. The molecule has 0 unspecified atom stereocenters. The average molecular weight is 396 g/mol. The average Bonchev–Trinajstić information content (AvgIpc) is 2.75. The van der Waals surface area contributed by atoms with Crippen LogP contribution in [0.15, 0.2) is 22.8 Å². The van der Waals surface area contributed by atoms with E-state index in [2.05, 4.69) is 31.4 Å². The fourth-order valence-electron chi connectivity index (χ4n) is 1.44. The van der Waals surface area contributed by atoms with Crippen LogP contribution in [0, 0.1) is 6.92 Å². The Labute approximate surface area is 132 Å². The highest BCUT2D eigenvalue weighted by Gasteiger charge is 2.25. The topological polar surface area (TPSA) is 117 Å². The summed E-state index contributed by atoms with van der Waals surface area (Å²) in [5.74, 6) is -0.702. The standard InChI is InChI=1S/C10H9BrClN4O4P/c1-5-2-3-7(6(12)4-5)13-10(17)8-9(11)15-16(14-8)21(18,19)20/h2-4H,1H3,(H,13,17)(H2,18,19,20). The lowest BCUT2D eigenvalue weighted by Crippen LogP contribution is -2.14. The first-order chi connectivity index (χ1) is 9.68. The van der Waals surface area contributed by atoms with Crippen molar-refractivity contribution in [2.24, 2.45) is 0 Å². The van der Waals surface area contributed by atoms with Crippen LogP contribution >= 0.6 is 35.3 Å². The fourth-order valence-corrected chi connectivity index (χ4v) is 2.66. The Kier molecular flexibility index (Phi) is 4.50. The van der Waals surface area contributed by atoms with E-state index in [1.54, 1.807) is 18.2 Å². The molecule has 0 fully saturated rings. The Morgan fingerprint density at radius 1 is 1.43 bits per heavy atom. The monoisotopic (exact) mass is 394 g/mol. The van der Waals surface area contributed by atoms with E-state index >= 15 is 0 Å². The van der Waals surface area contributed by atoms with Gasteiger partial charge in [0.05, 0.1) is 10.7 Å². The van der Waals surface area contributed by atoms with Crippen molar-refractivity contribution < 1.29 is 19.1 Å². The molecule has 112 valence electrons. The number of rotatable bonds is 3. The molecule has 0 saturated carbocycles. The molecule has 1 amide bonds. The molecule has 0 aliphatic carbocycles. The Hall–Kier alpha value is -1.25. The van der Waals surface area contributed by atoms with Gasteiger partial charge in [-0.2, -0.15) is 0 Å². The molecule has 0 atom stereocenters. The third-order valence-corrected chi connectivity index (χ3v) is 3.87. The number of aryl methyl sites for hydroxylation is 1. The lowest BCUT2D eigenvalue weighted by atomic mass is 10.2. The molecule has 2 rings (SSSR count). The summed E-state index contributed by atoms with van der Waals surface area (Å²) < 4.78 is 11.1. The summed E-state index contributed by atoms with van der Waals surface area (Å²) in [5.41, 5.74) is 1.01. The molecule has 11 heteroatoms. The van der Waals surface area contributed by atoms with Gasteiger partial charge in [0.25, 0.3) is 5.91 Å². The van der Waals surface area contributed by atoms with Crippen LogP contribution in [0.3, 0.4) is 0 Å². The minimum absolute atomic E-state index is 0.0911. The highest BCUT2D eigenvalue weighted by atomic mass is 79.9. The second kappa shape index (κ2) is 5.86. The molecule has 0 spiro atoms. The van der Waals surface area contributed by atoms with E-state index in [9.17, 15) is 9.36 Å². The number of aromatic nitrogens is 3. The lowest BCUT2D eigenvalue weighted by Gasteiger charge is -2.06. The van der Waals surface area contributed by atoms with Gasteiger partial charge >= 0.3 is 7.75 Å². The van der Waals surface area contributed by atoms with Crippen LogP contribution < -0.4 is 5.32 Å². The number of hydrogen-bond donors (Lipinski definition) is 3. The molecule has 8 nitrogen and oxygen atoms in total. The van der Waals surface area contributed by atoms with Crippen LogP contribution in [-0.4, -0.2) is 30.5 Å². The Morgan fingerprint density at radius 2 is 2.10 bits per heavy atom. The van der Waals surface area contributed by atoms with Crippen molar-refractivity contribution in [3.8, 4) is 0 Å². The van der Waals surface area contributed by atoms with E-state index in [-0.39, 0.29) is 14.9 Å². The van der Waals surface area contributed by atoms with Gasteiger partial charge in [-0.3, -0.25) is 4.79 Å². The quantitative estimate of drug-likeness (QED) is 0.686. The number of nitrogens with one attached hydrogen (secondary N) is 1. The first kappa shape index (κ1) is 16.1. The number of nitrogens with zero attached hydrogens (tertiary/aromatic N) is 3. The third-order valence-electron chi connectivity index (χ3n) is 2.38. The largest absolute Gasteiger partial charge is 0.466 e. The SMILES string of the molecule is Cc1ccc(NC(=O)c2nn(P(=O)(O)O)nc2Br)c(Cl)c1. The van der Waals surface area contributed by atoms with Crippen molar-refractivity contribution in [2.45, 2.75) is 6.92 Å². The predicted octanol–water partition coefficient (Wildman–Crippen LogP) is 2.20. The Balaban J connectivity index is 2.29. The molecule has 2 aromatic rings. The zero-order valence-electron chi connectivity index (χ0n) is 10.5. The molecule has 21 heavy (non-hydrogen) atoms. The van der Waals surface area contributed by atoms with Crippen molar-refractivity contribution in [1.82, 2.24) is 14.8 Å². The molecule has 0 bridgehead atoms. The van der Waals surface area contributed by atoms with Crippen molar-refractivity contribution in [3.05, 3.63) is 39.1 Å². The van der Waals surface area contributed by atoms with E-state index in [1.807, 2.05) is 6.92 Å². The van der Waals surface area contributed by atoms with Crippen LogP contribution in [0.25, 0.3) is 0 Å². The van der Waals surface area contributed by atoms with Gasteiger partial charge in [0.2, 0.25) is 0 Å². The van der Waals surface area contributed by atoms with Crippen molar-refractivity contribution >= 4 is 46.9 Å². The van der Waals surface area contributed by atoms with Gasteiger partial charge in [-0.15, -0.1) is 10.2 Å². The first-order valence-corrected chi connectivity index (χ1v) is 8.19. The van der Waals surface area contributed by atoms with Crippen molar-refractivity contribution in [3.63, 3.8) is 0 Å². The fraction of sp³-hybridized carbons (Fsp3) is 0.100. The number of hydrogen-bond acceptors (Lipinski definition) is 4. The molecule has 3 N–H and O–H groups in total. The van der Waals surface area contributed by atoms with Gasteiger partial charge in [-0.1, -0.05) is 22.2 Å². The van der Waals surface area contributed by atoms with Gasteiger partial charge in [0, 0.05) is 0 Å². The number of carbonyl (C=O) groups excluding carboxylic acids is 1. The molecule has 1 aromatic heterocycles. The minimum atomic E-state index is -4.70. The van der Waals surface area contributed by atoms with E-state index in [0.29, 0.717) is 10.7 Å². The molecular formula is C10H9BrClN4O4P. The van der Waals surface area contributed by atoms with Crippen molar-refractivity contribution in [1.29, 1.82) is 0 Å². The van der Waals surface area contributed by atoms with Gasteiger partial charge in [-0.25, -0.2) is 4.57 Å². The summed E-state index contributed by atoms with van der Waals surface area (Å²) in [6, 6.07) is 5.03. The summed E-state index contributed by atoms with van der Waals surface area (Å²) in [6.07, 6.45) is 0. The molecule has 0 aliphatic heterocycles.